The summed E-state index contributed by atoms with van der Waals surface area (Å²) in [6.07, 6.45) is 2.34. The Morgan fingerprint density at radius 2 is 1.60 bits per heavy atom. The fourth-order valence-electron chi connectivity index (χ4n) is 2.54. The van der Waals surface area contributed by atoms with Crippen molar-refractivity contribution in [1.82, 2.24) is 5.48 Å². The minimum absolute atomic E-state index is 0.153. The monoisotopic (exact) mass is 405 g/mol. The molecule has 0 radical (unpaired) electrons. The molecule has 0 saturated carbocycles. The van der Waals surface area contributed by atoms with Gasteiger partial charge >= 0.3 is 5.97 Å². The van der Waals surface area contributed by atoms with Crippen LogP contribution >= 0.6 is 0 Å². The smallest absolute Gasteiger partial charge is 0.335 e. The second kappa shape index (κ2) is 10.7. The van der Waals surface area contributed by atoms with Gasteiger partial charge in [-0.25, -0.2) is 4.79 Å². The van der Waals surface area contributed by atoms with Crippen molar-refractivity contribution in [2.45, 2.75) is 13.3 Å². The van der Waals surface area contributed by atoms with E-state index in [2.05, 4.69) is 5.48 Å². The largest absolute Gasteiger partial charge is 0.478 e. The molecule has 0 aliphatic rings. The van der Waals surface area contributed by atoms with Gasteiger partial charge in [-0.3, -0.25) is 10.3 Å². The summed E-state index contributed by atoms with van der Waals surface area (Å²) in [4.78, 5) is 16.6. The maximum Gasteiger partial charge on any atom is 0.335 e. The maximum absolute atomic E-state index is 11.1. The third-order valence-corrected chi connectivity index (χ3v) is 4.03. The van der Waals surface area contributed by atoms with Crippen LogP contribution < -0.4 is 15.0 Å². The lowest BCUT2D eigenvalue weighted by Gasteiger charge is -2.12. The van der Waals surface area contributed by atoms with Crippen LogP contribution in [-0.4, -0.2) is 17.7 Å². The molecule has 0 aliphatic heterocycles. The van der Waals surface area contributed by atoms with Gasteiger partial charge in [-0.15, -0.1) is 0 Å². The molecule has 0 bridgehead atoms. The number of hydrogen-bond donors (Lipinski definition) is 2. The molecule has 2 N–H and O–H groups in total. The summed E-state index contributed by atoms with van der Waals surface area (Å²) in [5.74, 6) is 0.859. The molecular weight excluding hydrogens is 382 g/mol. The average Bonchev–Trinajstić information content (AvgIpc) is 2.78. The number of carboxylic acids is 1. The third-order valence-electron chi connectivity index (χ3n) is 4.03. The van der Waals surface area contributed by atoms with E-state index < -0.39 is 5.97 Å². The SMILES string of the molecule is CCCONC(=COc1cccc(C(=O)O)c1)c1ccc(Oc2ccccc2)cc1. The summed E-state index contributed by atoms with van der Waals surface area (Å²) in [6, 6.07) is 23.3. The van der Waals surface area contributed by atoms with Crippen molar-refractivity contribution in [2.75, 3.05) is 6.61 Å². The third kappa shape index (κ3) is 6.12. The van der Waals surface area contributed by atoms with Gasteiger partial charge in [0.05, 0.1) is 12.2 Å². The number of carbonyl (C=O) groups is 1. The molecule has 0 aromatic heterocycles. The highest BCUT2D eigenvalue weighted by Crippen LogP contribution is 2.23. The summed E-state index contributed by atoms with van der Waals surface area (Å²) >= 11 is 0. The Bertz CT molecular complexity index is 984. The van der Waals surface area contributed by atoms with E-state index in [1.807, 2.05) is 61.5 Å². The van der Waals surface area contributed by atoms with Crippen molar-refractivity contribution in [3.8, 4) is 17.2 Å². The average molecular weight is 405 g/mol. The number of hydroxylamine groups is 1. The number of aromatic carboxylic acids is 1. The number of ether oxygens (including phenoxy) is 2. The van der Waals surface area contributed by atoms with Crippen LogP contribution in [0.25, 0.3) is 5.70 Å². The zero-order chi connectivity index (χ0) is 21.2. The van der Waals surface area contributed by atoms with Crippen molar-refractivity contribution in [1.29, 1.82) is 0 Å². The van der Waals surface area contributed by atoms with Crippen LogP contribution in [0.4, 0.5) is 0 Å². The normalized spacial score (nSPS) is 11.0. The minimum atomic E-state index is -1.01. The van der Waals surface area contributed by atoms with Crippen LogP contribution in [-0.2, 0) is 4.84 Å². The van der Waals surface area contributed by atoms with E-state index in [0.29, 0.717) is 23.8 Å². The summed E-state index contributed by atoms with van der Waals surface area (Å²) in [5, 5.41) is 9.12. The Balaban J connectivity index is 1.76. The molecule has 0 heterocycles. The first kappa shape index (κ1) is 21.0. The van der Waals surface area contributed by atoms with Crippen LogP contribution in [0.5, 0.6) is 17.2 Å². The quantitative estimate of drug-likeness (QED) is 0.264. The zero-order valence-corrected chi connectivity index (χ0v) is 16.6. The maximum atomic E-state index is 11.1. The van der Waals surface area contributed by atoms with Gasteiger partial charge in [0.2, 0.25) is 0 Å². The van der Waals surface area contributed by atoms with Crippen LogP contribution in [0.15, 0.2) is 85.1 Å². The fourth-order valence-corrected chi connectivity index (χ4v) is 2.54. The molecule has 30 heavy (non-hydrogen) atoms. The number of rotatable bonds is 10. The lowest BCUT2D eigenvalue weighted by Crippen LogP contribution is -2.14. The minimum Gasteiger partial charge on any atom is -0.478 e. The molecule has 3 rings (SSSR count). The highest BCUT2D eigenvalue weighted by atomic mass is 16.6. The van der Waals surface area contributed by atoms with E-state index in [9.17, 15) is 4.79 Å². The lowest BCUT2D eigenvalue weighted by molar-refractivity contribution is 0.0696. The molecule has 3 aromatic carbocycles. The van der Waals surface area contributed by atoms with Crippen LogP contribution in [0.1, 0.15) is 29.3 Å². The Morgan fingerprint density at radius 1 is 0.900 bits per heavy atom. The molecule has 6 nitrogen and oxygen atoms in total. The molecule has 0 aliphatic carbocycles. The second-order valence-corrected chi connectivity index (χ2v) is 6.37. The van der Waals surface area contributed by atoms with Crippen molar-refractivity contribution in [3.63, 3.8) is 0 Å². The zero-order valence-electron chi connectivity index (χ0n) is 16.6. The standard InChI is InChI=1S/C24H23NO5/c1-2-15-29-25-23(17-28-22-10-6-7-19(16-22)24(26)27)18-11-13-21(14-12-18)30-20-8-4-3-5-9-20/h3-14,16-17,25H,2,15H2,1H3,(H,26,27). The van der Waals surface area contributed by atoms with E-state index in [-0.39, 0.29) is 5.56 Å². The molecule has 0 atom stereocenters. The van der Waals surface area contributed by atoms with Gasteiger partial charge in [-0.05, 0) is 61.0 Å². The summed E-state index contributed by atoms with van der Waals surface area (Å²) in [5.41, 5.74) is 4.46. The van der Waals surface area contributed by atoms with E-state index in [0.717, 1.165) is 17.7 Å². The van der Waals surface area contributed by atoms with Crippen LogP contribution in [0, 0.1) is 0 Å². The highest BCUT2D eigenvalue weighted by Gasteiger charge is 2.07. The van der Waals surface area contributed by atoms with Gasteiger partial charge in [0, 0.05) is 5.56 Å². The van der Waals surface area contributed by atoms with Gasteiger partial charge in [0.25, 0.3) is 0 Å². The first-order chi connectivity index (χ1) is 14.7. The number of para-hydroxylation sites is 1. The molecule has 154 valence electrons. The van der Waals surface area contributed by atoms with Gasteiger partial charge in [0.1, 0.15) is 29.2 Å². The van der Waals surface area contributed by atoms with Gasteiger partial charge in [-0.1, -0.05) is 31.2 Å². The van der Waals surface area contributed by atoms with Crippen molar-refractivity contribution >= 4 is 11.7 Å². The van der Waals surface area contributed by atoms with E-state index in [1.54, 1.807) is 12.1 Å². The van der Waals surface area contributed by atoms with Gasteiger partial charge in [0.15, 0.2) is 0 Å². The van der Waals surface area contributed by atoms with Gasteiger partial charge in [-0.2, -0.15) is 0 Å². The predicted octanol–water partition coefficient (Wildman–Crippen LogP) is 5.49. The van der Waals surface area contributed by atoms with Crippen LogP contribution in [0.3, 0.4) is 0 Å². The Morgan fingerprint density at radius 3 is 2.30 bits per heavy atom. The summed E-state index contributed by atoms with van der Waals surface area (Å²) in [7, 11) is 0. The van der Waals surface area contributed by atoms with Crippen LogP contribution in [0.2, 0.25) is 0 Å². The Labute approximate surface area is 175 Å². The van der Waals surface area contributed by atoms with Crippen molar-refractivity contribution in [2.24, 2.45) is 0 Å². The van der Waals surface area contributed by atoms with E-state index in [4.69, 9.17) is 19.4 Å². The van der Waals surface area contributed by atoms with E-state index in [1.165, 1.54) is 18.4 Å². The molecule has 0 saturated heterocycles. The topological polar surface area (TPSA) is 77.0 Å². The molecule has 0 spiro atoms. The summed E-state index contributed by atoms with van der Waals surface area (Å²) < 4.78 is 11.5. The second-order valence-electron chi connectivity index (χ2n) is 6.37. The van der Waals surface area contributed by atoms with E-state index >= 15 is 0 Å². The predicted molar refractivity (Wildman–Crippen MR) is 114 cm³/mol. The summed E-state index contributed by atoms with van der Waals surface area (Å²) in [6.45, 7) is 2.54. The molecular formula is C24H23NO5. The van der Waals surface area contributed by atoms with Crippen molar-refractivity contribution in [3.05, 3.63) is 96.3 Å². The lowest BCUT2D eigenvalue weighted by atomic mass is 10.1. The number of benzene rings is 3. The fraction of sp³-hybridized carbons (Fsp3) is 0.125. The van der Waals surface area contributed by atoms with Gasteiger partial charge < -0.3 is 14.6 Å². The first-order valence-corrected chi connectivity index (χ1v) is 9.57. The Hall–Kier alpha value is -3.77. The highest BCUT2D eigenvalue weighted by molar-refractivity contribution is 5.88. The molecule has 0 amide bonds. The number of carboxylic acid groups (broad SMARTS) is 1. The Kier molecular flexibility index (Phi) is 7.46. The molecule has 6 heteroatoms. The van der Waals surface area contributed by atoms with Crippen molar-refractivity contribution < 1.29 is 24.2 Å². The molecule has 3 aromatic rings. The first-order valence-electron chi connectivity index (χ1n) is 9.57. The number of nitrogens with one attached hydrogen (secondary N) is 1. The number of hydrogen-bond acceptors (Lipinski definition) is 5. The molecule has 0 fully saturated rings. The molecule has 0 unspecified atom stereocenters.